The lowest BCUT2D eigenvalue weighted by Gasteiger charge is -2.34. The van der Waals surface area contributed by atoms with E-state index >= 15 is 0 Å². The maximum atomic E-state index is 12.8. The molecule has 2 amide bonds. The zero-order valence-corrected chi connectivity index (χ0v) is 19.6. The molecule has 174 valence electrons. The van der Waals surface area contributed by atoms with Gasteiger partial charge in [-0.05, 0) is 76.3 Å². The number of hydrogen-bond donors (Lipinski definition) is 1. The fraction of sp³-hybridized carbons (Fsp3) is 0.520. The van der Waals surface area contributed by atoms with Crippen molar-refractivity contribution in [3.63, 3.8) is 0 Å². The van der Waals surface area contributed by atoms with Gasteiger partial charge in [0.2, 0.25) is 0 Å². The standard InChI is InChI=1S/C25H35N3O4/c1-25(2,3)32-24(30)27-17-13-20(14-18-27)28-16-6-8-22(28)23(29)26-15-5-7-19-9-11-21(31-4)12-10-19/h6,8-12,16,20H,5,7,13-15,17-18H2,1-4H3,(H,26,29). The van der Waals surface area contributed by atoms with Crippen molar-refractivity contribution < 1.29 is 19.1 Å². The van der Waals surface area contributed by atoms with Gasteiger partial charge in [0.25, 0.3) is 5.91 Å². The van der Waals surface area contributed by atoms with Crippen LogP contribution in [0.4, 0.5) is 4.79 Å². The first-order chi connectivity index (χ1) is 15.3. The molecule has 1 fully saturated rings. The van der Waals surface area contributed by atoms with Gasteiger partial charge in [-0.3, -0.25) is 4.79 Å². The highest BCUT2D eigenvalue weighted by molar-refractivity contribution is 5.92. The second-order valence-corrected chi connectivity index (χ2v) is 9.21. The molecule has 32 heavy (non-hydrogen) atoms. The van der Waals surface area contributed by atoms with Gasteiger partial charge in [0.1, 0.15) is 17.0 Å². The Morgan fingerprint density at radius 1 is 1.09 bits per heavy atom. The Morgan fingerprint density at radius 2 is 1.78 bits per heavy atom. The van der Waals surface area contributed by atoms with Gasteiger partial charge in [0.05, 0.1) is 7.11 Å². The summed E-state index contributed by atoms with van der Waals surface area (Å²) in [4.78, 5) is 26.8. The lowest BCUT2D eigenvalue weighted by atomic mass is 10.0. The quantitative estimate of drug-likeness (QED) is 0.645. The molecule has 1 N–H and O–H groups in total. The van der Waals surface area contributed by atoms with E-state index in [2.05, 4.69) is 17.4 Å². The Bertz CT molecular complexity index is 891. The molecule has 0 spiro atoms. The van der Waals surface area contributed by atoms with E-state index in [-0.39, 0.29) is 18.0 Å². The highest BCUT2D eigenvalue weighted by Crippen LogP contribution is 2.25. The summed E-state index contributed by atoms with van der Waals surface area (Å²) in [5, 5.41) is 3.04. The first kappa shape index (κ1) is 23.7. The van der Waals surface area contributed by atoms with E-state index in [1.54, 1.807) is 12.0 Å². The van der Waals surface area contributed by atoms with Crippen molar-refractivity contribution in [3.8, 4) is 5.75 Å². The number of benzene rings is 1. The molecule has 1 aromatic carbocycles. The number of aryl methyl sites for hydroxylation is 1. The summed E-state index contributed by atoms with van der Waals surface area (Å²) in [6.07, 6.45) is 5.05. The van der Waals surface area contributed by atoms with Gasteiger partial charge >= 0.3 is 6.09 Å². The molecule has 0 aliphatic carbocycles. The number of ether oxygens (including phenoxy) is 2. The van der Waals surface area contributed by atoms with Gasteiger partial charge in [-0.2, -0.15) is 0 Å². The Labute approximate surface area is 190 Å². The third kappa shape index (κ3) is 6.52. The van der Waals surface area contributed by atoms with Crippen LogP contribution in [0.15, 0.2) is 42.6 Å². The number of amides is 2. The molecule has 0 radical (unpaired) electrons. The molecule has 7 nitrogen and oxygen atoms in total. The summed E-state index contributed by atoms with van der Waals surface area (Å²) in [7, 11) is 1.66. The molecule has 0 unspecified atom stereocenters. The van der Waals surface area contributed by atoms with E-state index < -0.39 is 5.60 Å². The average Bonchev–Trinajstić information content (AvgIpc) is 3.26. The minimum Gasteiger partial charge on any atom is -0.497 e. The number of hydrogen-bond acceptors (Lipinski definition) is 4. The number of methoxy groups -OCH3 is 1. The van der Waals surface area contributed by atoms with Gasteiger partial charge in [0, 0.05) is 31.9 Å². The molecular weight excluding hydrogens is 406 g/mol. The molecule has 2 aromatic rings. The highest BCUT2D eigenvalue weighted by atomic mass is 16.6. The SMILES string of the molecule is COc1ccc(CCCNC(=O)c2cccn2C2CCN(C(=O)OC(C)(C)C)CC2)cc1. The van der Waals surface area contributed by atoms with E-state index in [9.17, 15) is 9.59 Å². The third-order valence-corrected chi connectivity index (χ3v) is 5.61. The molecule has 0 atom stereocenters. The smallest absolute Gasteiger partial charge is 0.410 e. The Morgan fingerprint density at radius 3 is 2.41 bits per heavy atom. The number of carbonyl (C=O) groups is 2. The number of rotatable bonds is 7. The summed E-state index contributed by atoms with van der Waals surface area (Å²) in [5.74, 6) is 0.791. The van der Waals surface area contributed by atoms with Crippen molar-refractivity contribution in [1.82, 2.24) is 14.8 Å². The molecule has 1 aromatic heterocycles. The van der Waals surface area contributed by atoms with Crippen LogP contribution in [0.2, 0.25) is 0 Å². The largest absolute Gasteiger partial charge is 0.497 e. The fourth-order valence-electron chi connectivity index (χ4n) is 3.93. The van der Waals surface area contributed by atoms with Crippen LogP contribution >= 0.6 is 0 Å². The second-order valence-electron chi connectivity index (χ2n) is 9.21. The molecule has 3 rings (SSSR count). The van der Waals surface area contributed by atoms with Crippen LogP contribution in [0.1, 0.15) is 62.1 Å². The van der Waals surface area contributed by atoms with E-state index in [0.717, 1.165) is 31.4 Å². The van der Waals surface area contributed by atoms with Crippen molar-refractivity contribution in [1.29, 1.82) is 0 Å². The van der Waals surface area contributed by atoms with Crippen molar-refractivity contribution >= 4 is 12.0 Å². The highest BCUT2D eigenvalue weighted by Gasteiger charge is 2.28. The van der Waals surface area contributed by atoms with E-state index in [4.69, 9.17) is 9.47 Å². The Balaban J connectivity index is 1.46. The number of piperidine rings is 1. The van der Waals surface area contributed by atoms with Gasteiger partial charge in [-0.25, -0.2) is 4.79 Å². The van der Waals surface area contributed by atoms with Crippen LogP contribution in [0, 0.1) is 0 Å². The first-order valence-electron chi connectivity index (χ1n) is 11.3. The summed E-state index contributed by atoms with van der Waals surface area (Å²) in [6, 6.07) is 12.0. The van der Waals surface area contributed by atoms with Crippen molar-refractivity contribution in [2.24, 2.45) is 0 Å². The van der Waals surface area contributed by atoms with Gasteiger partial charge in [-0.15, -0.1) is 0 Å². The third-order valence-electron chi connectivity index (χ3n) is 5.61. The maximum absolute atomic E-state index is 12.8. The fourth-order valence-corrected chi connectivity index (χ4v) is 3.93. The molecule has 0 bridgehead atoms. The molecule has 1 aliphatic heterocycles. The molecular formula is C25H35N3O4. The lowest BCUT2D eigenvalue weighted by molar-refractivity contribution is 0.0187. The van der Waals surface area contributed by atoms with Crippen LogP contribution in [0.25, 0.3) is 0 Å². The summed E-state index contributed by atoms with van der Waals surface area (Å²) in [5.41, 5.74) is 1.40. The minimum atomic E-state index is -0.493. The second kappa shape index (κ2) is 10.6. The monoisotopic (exact) mass is 441 g/mol. The number of carbonyl (C=O) groups excluding carboxylic acids is 2. The molecule has 1 aliphatic rings. The predicted octanol–water partition coefficient (Wildman–Crippen LogP) is 4.43. The van der Waals surface area contributed by atoms with Crippen LogP contribution in [-0.4, -0.2) is 53.8 Å². The van der Waals surface area contributed by atoms with E-state index in [1.807, 2.05) is 55.8 Å². The van der Waals surface area contributed by atoms with E-state index in [1.165, 1.54) is 5.56 Å². The normalized spacial score (nSPS) is 14.8. The Hall–Kier alpha value is -2.96. The number of likely N-dealkylation sites (tertiary alicyclic amines) is 1. The topological polar surface area (TPSA) is 72.8 Å². The molecule has 2 heterocycles. The van der Waals surface area contributed by atoms with Gasteiger partial charge in [-0.1, -0.05) is 12.1 Å². The summed E-state index contributed by atoms with van der Waals surface area (Å²) in [6.45, 7) is 7.49. The van der Waals surface area contributed by atoms with Crippen LogP contribution in [-0.2, 0) is 11.2 Å². The number of nitrogens with one attached hydrogen (secondary N) is 1. The van der Waals surface area contributed by atoms with E-state index in [0.29, 0.717) is 25.3 Å². The van der Waals surface area contributed by atoms with Crippen LogP contribution in [0.5, 0.6) is 5.75 Å². The van der Waals surface area contributed by atoms with Gasteiger partial charge < -0.3 is 24.3 Å². The summed E-state index contributed by atoms with van der Waals surface area (Å²) >= 11 is 0. The average molecular weight is 442 g/mol. The first-order valence-corrected chi connectivity index (χ1v) is 11.3. The number of aromatic nitrogens is 1. The van der Waals surface area contributed by atoms with Crippen LogP contribution in [0.3, 0.4) is 0 Å². The Kier molecular flexibility index (Phi) is 7.83. The van der Waals surface area contributed by atoms with Crippen molar-refractivity contribution in [2.75, 3.05) is 26.7 Å². The maximum Gasteiger partial charge on any atom is 0.410 e. The zero-order valence-electron chi connectivity index (χ0n) is 19.6. The van der Waals surface area contributed by atoms with Gasteiger partial charge in [0.15, 0.2) is 0 Å². The minimum absolute atomic E-state index is 0.0562. The van der Waals surface area contributed by atoms with Crippen molar-refractivity contribution in [2.45, 2.75) is 58.1 Å². The zero-order chi connectivity index (χ0) is 23.1. The number of nitrogens with zero attached hydrogens (tertiary/aromatic N) is 2. The van der Waals surface area contributed by atoms with Crippen molar-refractivity contribution in [3.05, 3.63) is 53.9 Å². The summed E-state index contributed by atoms with van der Waals surface area (Å²) < 4.78 is 12.7. The van der Waals surface area contributed by atoms with Crippen LogP contribution < -0.4 is 10.1 Å². The molecule has 7 heteroatoms. The predicted molar refractivity (Wildman–Crippen MR) is 124 cm³/mol. The molecule has 0 saturated carbocycles. The molecule has 1 saturated heterocycles. The lowest BCUT2D eigenvalue weighted by Crippen LogP contribution is -2.42.